The van der Waals surface area contributed by atoms with Crippen LogP contribution in [-0.2, 0) is 0 Å². The standard InChI is InChI=1S/C23H32N4O3.HI/c1-27-13-5-6-17(22(27)16-7-9-18(28-2)10-8-16)15-25-23(24)26-20-14-19(29-3)11-12-21(20)30-4;/h7-12,14,17,22H,5-6,13,15H2,1-4H3,(H3,24,25,26);1H. The summed E-state index contributed by atoms with van der Waals surface area (Å²) in [5.74, 6) is 3.02. The minimum atomic E-state index is 0. The normalized spacial score (nSPS) is 19.3. The molecular weight excluding hydrogens is 507 g/mol. The number of nitrogens with one attached hydrogen (secondary N) is 1. The van der Waals surface area contributed by atoms with Crippen molar-refractivity contribution in [1.82, 2.24) is 4.90 Å². The second-order valence-corrected chi connectivity index (χ2v) is 7.52. The van der Waals surface area contributed by atoms with Crippen LogP contribution in [0.25, 0.3) is 0 Å². The third-order valence-corrected chi connectivity index (χ3v) is 5.63. The van der Waals surface area contributed by atoms with Crippen LogP contribution in [0.1, 0.15) is 24.4 Å². The van der Waals surface area contributed by atoms with E-state index in [2.05, 4.69) is 34.4 Å². The Morgan fingerprint density at radius 2 is 1.74 bits per heavy atom. The van der Waals surface area contributed by atoms with E-state index in [0.717, 1.165) is 36.6 Å². The maximum absolute atomic E-state index is 6.21. The van der Waals surface area contributed by atoms with Gasteiger partial charge < -0.3 is 25.3 Å². The van der Waals surface area contributed by atoms with Crippen LogP contribution in [-0.4, -0.2) is 52.3 Å². The summed E-state index contributed by atoms with van der Waals surface area (Å²) in [6, 6.07) is 14.1. The molecule has 0 saturated carbocycles. The van der Waals surface area contributed by atoms with Gasteiger partial charge in [0.05, 0.1) is 27.0 Å². The van der Waals surface area contributed by atoms with Crippen LogP contribution in [0.15, 0.2) is 47.5 Å². The van der Waals surface area contributed by atoms with Crippen molar-refractivity contribution >= 4 is 35.6 Å². The van der Waals surface area contributed by atoms with E-state index >= 15 is 0 Å². The van der Waals surface area contributed by atoms with E-state index in [1.165, 1.54) is 5.56 Å². The van der Waals surface area contributed by atoms with Crippen LogP contribution >= 0.6 is 24.0 Å². The Kier molecular flexibility index (Phi) is 9.70. The molecular formula is C23H33IN4O3. The summed E-state index contributed by atoms with van der Waals surface area (Å²) in [7, 11) is 7.11. The number of benzene rings is 2. The van der Waals surface area contributed by atoms with Gasteiger partial charge in [-0.3, -0.25) is 9.89 Å². The Hall–Kier alpha value is -2.20. The van der Waals surface area contributed by atoms with Crippen molar-refractivity contribution in [2.24, 2.45) is 16.6 Å². The zero-order valence-electron chi connectivity index (χ0n) is 18.6. The molecule has 3 N–H and O–H groups in total. The van der Waals surface area contributed by atoms with Gasteiger partial charge in [-0.15, -0.1) is 24.0 Å². The third-order valence-electron chi connectivity index (χ3n) is 5.63. The van der Waals surface area contributed by atoms with Crippen LogP contribution < -0.4 is 25.3 Å². The summed E-state index contributed by atoms with van der Waals surface area (Å²) >= 11 is 0. The minimum absolute atomic E-state index is 0. The minimum Gasteiger partial charge on any atom is -0.497 e. The Morgan fingerprint density at radius 1 is 1.06 bits per heavy atom. The predicted molar refractivity (Wildman–Crippen MR) is 136 cm³/mol. The maximum atomic E-state index is 6.21. The Balaban J connectivity index is 0.00000341. The van der Waals surface area contributed by atoms with Crippen molar-refractivity contribution in [1.29, 1.82) is 0 Å². The summed E-state index contributed by atoms with van der Waals surface area (Å²) in [5.41, 5.74) is 8.21. The summed E-state index contributed by atoms with van der Waals surface area (Å²) < 4.78 is 16.0. The van der Waals surface area contributed by atoms with Crippen molar-refractivity contribution in [3.8, 4) is 17.2 Å². The number of guanidine groups is 1. The molecule has 2 atom stereocenters. The summed E-state index contributed by atoms with van der Waals surface area (Å²) in [6.07, 6.45) is 2.26. The monoisotopic (exact) mass is 540 g/mol. The predicted octanol–water partition coefficient (Wildman–Crippen LogP) is 4.14. The van der Waals surface area contributed by atoms with Crippen molar-refractivity contribution in [2.45, 2.75) is 18.9 Å². The van der Waals surface area contributed by atoms with Crippen molar-refractivity contribution < 1.29 is 14.2 Å². The number of hydrogen-bond acceptors (Lipinski definition) is 5. The van der Waals surface area contributed by atoms with Crippen molar-refractivity contribution in [3.05, 3.63) is 48.0 Å². The Bertz CT molecular complexity index is 860. The topological polar surface area (TPSA) is 81.3 Å². The number of halogens is 1. The molecule has 1 fully saturated rings. The molecule has 0 aliphatic carbocycles. The summed E-state index contributed by atoms with van der Waals surface area (Å²) in [5, 5.41) is 3.15. The highest BCUT2D eigenvalue weighted by Gasteiger charge is 2.30. The molecule has 0 bridgehead atoms. The molecule has 1 aliphatic rings. The molecule has 2 unspecified atom stereocenters. The molecule has 0 radical (unpaired) electrons. The van der Waals surface area contributed by atoms with Gasteiger partial charge >= 0.3 is 0 Å². The summed E-state index contributed by atoms with van der Waals surface area (Å²) in [6.45, 7) is 1.72. The van der Waals surface area contributed by atoms with Gasteiger partial charge in [0.2, 0.25) is 0 Å². The highest BCUT2D eigenvalue weighted by Crippen LogP contribution is 2.36. The lowest BCUT2D eigenvalue weighted by atomic mass is 9.85. The average molecular weight is 540 g/mol. The number of rotatable bonds is 7. The van der Waals surface area contributed by atoms with Crippen molar-refractivity contribution in [2.75, 3.05) is 46.8 Å². The van der Waals surface area contributed by atoms with E-state index in [-0.39, 0.29) is 24.0 Å². The molecule has 2 aromatic rings. The molecule has 7 nitrogen and oxygen atoms in total. The molecule has 0 amide bonds. The fourth-order valence-corrected chi connectivity index (χ4v) is 4.08. The van der Waals surface area contributed by atoms with E-state index in [4.69, 9.17) is 19.9 Å². The van der Waals surface area contributed by atoms with Gasteiger partial charge in [0.1, 0.15) is 17.2 Å². The number of methoxy groups -OCH3 is 3. The van der Waals surface area contributed by atoms with Gasteiger partial charge in [-0.25, -0.2) is 0 Å². The lowest BCUT2D eigenvalue weighted by Crippen LogP contribution is -2.38. The molecule has 0 spiro atoms. The first-order valence-electron chi connectivity index (χ1n) is 10.2. The van der Waals surface area contributed by atoms with Crippen LogP contribution in [0.3, 0.4) is 0 Å². The Morgan fingerprint density at radius 3 is 2.39 bits per heavy atom. The van der Waals surface area contributed by atoms with Gasteiger partial charge in [0, 0.05) is 18.7 Å². The fraction of sp³-hybridized carbons (Fsp3) is 0.435. The fourth-order valence-electron chi connectivity index (χ4n) is 4.08. The van der Waals surface area contributed by atoms with Gasteiger partial charge in [0.15, 0.2) is 5.96 Å². The zero-order valence-corrected chi connectivity index (χ0v) is 21.0. The lowest BCUT2D eigenvalue weighted by molar-refractivity contribution is 0.125. The van der Waals surface area contributed by atoms with Crippen LogP contribution in [0.2, 0.25) is 0 Å². The summed E-state index contributed by atoms with van der Waals surface area (Å²) in [4.78, 5) is 7.06. The van der Waals surface area contributed by atoms with Crippen LogP contribution in [0.5, 0.6) is 17.2 Å². The number of aliphatic imine (C=N–C) groups is 1. The molecule has 170 valence electrons. The zero-order chi connectivity index (χ0) is 21.5. The average Bonchev–Trinajstić information content (AvgIpc) is 2.77. The smallest absolute Gasteiger partial charge is 0.193 e. The number of likely N-dealkylation sites (tertiary alicyclic amines) is 1. The number of nitrogens with two attached hydrogens (primary N) is 1. The van der Waals surface area contributed by atoms with Gasteiger partial charge in [0.25, 0.3) is 0 Å². The molecule has 2 aromatic carbocycles. The molecule has 8 heteroatoms. The highest BCUT2D eigenvalue weighted by atomic mass is 127. The number of ether oxygens (including phenoxy) is 3. The second-order valence-electron chi connectivity index (χ2n) is 7.52. The molecule has 3 rings (SSSR count). The van der Waals surface area contributed by atoms with Gasteiger partial charge in [-0.2, -0.15) is 0 Å². The molecule has 1 heterocycles. The van der Waals surface area contributed by atoms with Gasteiger partial charge in [-0.1, -0.05) is 12.1 Å². The van der Waals surface area contributed by atoms with E-state index in [0.29, 0.717) is 30.2 Å². The van der Waals surface area contributed by atoms with E-state index in [1.54, 1.807) is 21.3 Å². The number of piperidine rings is 1. The first-order chi connectivity index (χ1) is 14.5. The van der Waals surface area contributed by atoms with Crippen LogP contribution in [0, 0.1) is 5.92 Å². The third kappa shape index (κ3) is 6.39. The largest absolute Gasteiger partial charge is 0.497 e. The molecule has 1 saturated heterocycles. The van der Waals surface area contributed by atoms with Gasteiger partial charge in [-0.05, 0) is 62.2 Å². The highest BCUT2D eigenvalue weighted by molar-refractivity contribution is 14.0. The van der Waals surface area contributed by atoms with Crippen LogP contribution in [0.4, 0.5) is 5.69 Å². The molecule has 1 aliphatic heterocycles. The second kappa shape index (κ2) is 12.0. The Labute approximate surface area is 202 Å². The number of anilines is 1. The number of nitrogens with zero attached hydrogens (tertiary/aromatic N) is 2. The first kappa shape index (κ1) is 25.1. The maximum Gasteiger partial charge on any atom is 0.193 e. The first-order valence-corrected chi connectivity index (χ1v) is 10.2. The number of hydrogen-bond donors (Lipinski definition) is 2. The van der Waals surface area contributed by atoms with Crippen molar-refractivity contribution in [3.63, 3.8) is 0 Å². The molecule has 0 aromatic heterocycles. The SMILES string of the molecule is COc1ccc(C2C(CN=C(N)Nc3cc(OC)ccc3OC)CCCN2C)cc1.I. The van der Waals surface area contributed by atoms with E-state index < -0.39 is 0 Å². The molecule has 31 heavy (non-hydrogen) atoms. The van der Waals surface area contributed by atoms with E-state index in [9.17, 15) is 0 Å². The lowest BCUT2D eigenvalue weighted by Gasteiger charge is -2.39. The van der Waals surface area contributed by atoms with E-state index in [1.807, 2.05) is 30.3 Å². The quantitative estimate of drug-likeness (QED) is 0.312.